The Morgan fingerprint density at radius 1 is 0.700 bits per heavy atom. The van der Waals surface area contributed by atoms with Crippen molar-refractivity contribution in [2.75, 3.05) is 0 Å². The molecule has 0 fully saturated rings. The third kappa shape index (κ3) is 1230. The van der Waals surface area contributed by atoms with Gasteiger partial charge in [-0.15, -0.1) is 6.58 Å². The van der Waals surface area contributed by atoms with Crippen LogP contribution in [0.25, 0.3) is 0 Å². The Balaban J connectivity index is -0.0000000853. The smallest absolute Gasteiger partial charge is 0.303 e. The average molecular weight is 364 g/mol. The van der Waals surface area contributed by atoms with E-state index in [1.807, 2.05) is 6.08 Å². The van der Waals surface area contributed by atoms with Crippen molar-refractivity contribution >= 4 is 23.5 Å². The summed E-state index contributed by atoms with van der Waals surface area (Å²) in [4.78, 5) is 64.7. The summed E-state index contributed by atoms with van der Waals surface area (Å²) in [5.74, 6) is 0.648. The molecular formula is C5H19O12P3. The van der Waals surface area contributed by atoms with Gasteiger partial charge in [-0.3, -0.25) is 0 Å². The fourth-order valence-corrected chi connectivity index (χ4v) is 0. The van der Waals surface area contributed by atoms with E-state index in [2.05, 4.69) is 20.4 Å². The Bertz CT molecular complexity index is 287. The molecule has 12 nitrogen and oxygen atoms in total. The van der Waals surface area contributed by atoms with Crippen LogP contribution in [-0.4, -0.2) is 44.0 Å². The first-order valence-corrected chi connectivity index (χ1v) is 8.94. The largest absolute Gasteiger partial charge is 0.466 e. The van der Waals surface area contributed by atoms with E-state index in [1.54, 1.807) is 0 Å². The number of rotatable bonds is 1. The molecule has 0 saturated heterocycles. The first-order valence-electron chi connectivity index (χ1n) is 4.24. The van der Waals surface area contributed by atoms with Crippen molar-refractivity contribution in [1.29, 1.82) is 0 Å². The minimum absolute atomic E-state index is 0.648. The van der Waals surface area contributed by atoms with Crippen molar-refractivity contribution in [3.8, 4) is 0 Å². The Morgan fingerprint density at radius 3 is 0.750 bits per heavy atom. The molecule has 0 aliphatic carbocycles. The molecule has 0 aromatic heterocycles. The molecular weight excluding hydrogens is 345 g/mol. The molecule has 0 spiro atoms. The SMILES string of the molecule is C=CC(C)C.O=P(O)(O)O.O=P(O)(O)O.O=P(O)(O)O. The third-order valence-electron chi connectivity index (χ3n) is 0.471. The van der Waals surface area contributed by atoms with Gasteiger partial charge in [0.25, 0.3) is 0 Å². The molecule has 126 valence electrons. The van der Waals surface area contributed by atoms with Gasteiger partial charge < -0.3 is 44.0 Å². The lowest BCUT2D eigenvalue weighted by Gasteiger charge is -1.84. The van der Waals surface area contributed by atoms with Gasteiger partial charge >= 0.3 is 23.5 Å². The Kier molecular flexibility index (Phi) is 18.1. The van der Waals surface area contributed by atoms with Gasteiger partial charge in [0.05, 0.1) is 0 Å². The zero-order valence-corrected chi connectivity index (χ0v) is 13.1. The van der Waals surface area contributed by atoms with Crippen molar-refractivity contribution < 1.29 is 57.7 Å². The molecule has 0 saturated carbocycles. The van der Waals surface area contributed by atoms with E-state index in [0.717, 1.165) is 0 Å². The van der Waals surface area contributed by atoms with E-state index < -0.39 is 23.5 Å². The van der Waals surface area contributed by atoms with Gasteiger partial charge in [0, 0.05) is 0 Å². The van der Waals surface area contributed by atoms with Gasteiger partial charge in [-0.2, -0.15) is 0 Å². The molecule has 0 radical (unpaired) electrons. The molecule has 0 aliphatic heterocycles. The maximum Gasteiger partial charge on any atom is 0.466 e. The van der Waals surface area contributed by atoms with E-state index in [4.69, 9.17) is 57.7 Å². The van der Waals surface area contributed by atoms with E-state index in [9.17, 15) is 0 Å². The molecule has 20 heavy (non-hydrogen) atoms. The van der Waals surface area contributed by atoms with Crippen LogP contribution in [0.3, 0.4) is 0 Å². The van der Waals surface area contributed by atoms with Crippen molar-refractivity contribution in [3.63, 3.8) is 0 Å². The molecule has 0 heterocycles. The maximum absolute atomic E-state index is 8.88. The van der Waals surface area contributed by atoms with Gasteiger partial charge in [-0.05, 0) is 5.92 Å². The average Bonchev–Trinajstić information content (AvgIpc) is 1.93. The van der Waals surface area contributed by atoms with Crippen LogP contribution in [0, 0.1) is 5.92 Å². The molecule has 0 aromatic rings. The molecule has 0 aliphatic rings. The second kappa shape index (κ2) is 12.8. The van der Waals surface area contributed by atoms with Gasteiger partial charge in [-0.1, -0.05) is 19.9 Å². The summed E-state index contributed by atoms with van der Waals surface area (Å²) in [6.07, 6.45) is 1.92. The quantitative estimate of drug-likeness (QED) is 0.202. The Morgan fingerprint density at radius 2 is 0.750 bits per heavy atom. The minimum Gasteiger partial charge on any atom is -0.303 e. The van der Waals surface area contributed by atoms with Gasteiger partial charge in [0.2, 0.25) is 0 Å². The summed E-state index contributed by atoms with van der Waals surface area (Å²) in [7, 11) is -13.9. The highest BCUT2D eigenvalue weighted by molar-refractivity contribution is 7.45. The molecule has 15 heteroatoms. The number of hydrogen-bond acceptors (Lipinski definition) is 3. The highest BCUT2D eigenvalue weighted by atomic mass is 31.2. The van der Waals surface area contributed by atoms with E-state index in [1.165, 1.54) is 0 Å². The van der Waals surface area contributed by atoms with Crippen LogP contribution in [0.4, 0.5) is 0 Å². The Hall–Kier alpha value is 0.0700. The summed E-state index contributed by atoms with van der Waals surface area (Å²) in [5.41, 5.74) is 0. The summed E-state index contributed by atoms with van der Waals surface area (Å²) in [6, 6.07) is 0. The topological polar surface area (TPSA) is 233 Å². The van der Waals surface area contributed by atoms with Crippen molar-refractivity contribution in [1.82, 2.24) is 0 Å². The second-order valence-corrected chi connectivity index (χ2v) is 6.10. The second-order valence-electron chi connectivity index (χ2n) is 3.02. The van der Waals surface area contributed by atoms with Crippen LogP contribution in [0.1, 0.15) is 13.8 Å². The zero-order chi connectivity index (χ0) is 17.8. The summed E-state index contributed by atoms with van der Waals surface area (Å²) in [6.45, 7) is 7.77. The Labute approximate surface area is 114 Å². The van der Waals surface area contributed by atoms with E-state index in [0.29, 0.717) is 5.92 Å². The summed E-state index contributed by atoms with van der Waals surface area (Å²) in [5, 5.41) is 0. The van der Waals surface area contributed by atoms with Crippen LogP contribution >= 0.6 is 23.5 Å². The summed E-state index contributed by atoms with van der Waals surface area (Å²) >= 11 is 0. The lowest BCUT2D eigenvalue weighted by Crippen LogP contribution is -1.71. The molecule has 0 atom stereocenters. The van der Waals surface area contributed by atoms with Crippen molar-refractivity contribution in [2.24, 2.45) is 5.92 Å². The molecule has 9 N–H and O–H groups in total. The number of phosphoric acid groups is 3. The monoisotopic (exact) mass is 364 g/mol. The minimum atomic E-state index is -4.64. The van der Waals surface area contributed by atoms with E-state index >= 15 is 0 Å². The zero-order valence-electron chi connectivity index (χ0n) is 10.5. The molecule has 0 bridgehead atoms. The fourth-order valence-electron chi connectivity index (χ4n) is 0. The van der Waals surface area contributed by atoms with Crippen molar-refractivity contribution in [3.05, 3.63) is 12.7 Å². The predicted octanol–water partition coefficient (Wildman–Crippen LogP) is -0.957. The normalized spacial score (nSPS) is 11.0. The molecule has 0 unspecified atom stereocenters. The highest BCUT2D eigenvalue weighted by Gasteiger charge is 2.01. The molecule has 0 rings (SSSR count). The highest BCUT2D eigenvalue weighted by Crippen LogP contribution is 2.26. The summed E-state index contributed by atoms with van der Waals surface area (Å²) < 4.78 is 26.6. The van der Waals surface area contributed by atoms with Crippen LogP contribution in [0.2, 0.25) is 0 Å². The number of hydrogen-bond donors (Lipinski definition) is 9. The molecule has 0 amide bonds. The van der Waals surface area contributed by atoms with Crippen LogP contribution in [0.15, 0.2) is 12.7 Å². The predicted molar refractivity (Wildman–Crippen MR) is 67.8 cm³/mol. The van der Waals surface area contributed by atoms with Crippen LogP contribution < -0.4 is 0 Å². The standard InChI is InChI=1S/C5H10.3H3O4P/c1-4-5(2)3;3*1-5(2,3)4/h4-5H,1H2,2-3H3;3*(H3,1,2,3,4). The van der Waals surface area contributed by atoms with Gasteiger partial charge in [0.15, 0.2) is 0 Å². The third-order valence-corrected chi connectivity index (χ3v) is 0.471. The van der Waals surface area contributed by atoms with Crippen LogP contribution in [-0.2, 0) is 13.7 Å². The molecule has 0 aromatic carbocycles. The van der Waals surface area contributed by atoms with Crippen molar-refractivity contribution in [2.45, 2.75) is 13.8 Å². The lowest BCUT2D eigenvalue weighted by atomic mass is 10.2. The lowest BCUT2D eigenvalue weighted by molar-refractivity contribution is 0.272. The first kappa shape index (κ1) is 28.3. The fraction of sp³-hybridized carbons (Fsp3) is 0.600. The number of allylic oxidation sites excluding steroid dienone is 1. The maximum atomic E-state index is 8.88. The first-order chi connectivity index (χ1) is 8.27. The van der Waals surface area contributed by atoms with Gasteiger partial charge in [-0.25, -0.2) is 13.7 Å². The van der Waals surface area contributed by atoms with Crippen LogP contribution in [0.5, 0.6) is 0 Å². The van der Waals surface area contributed by atoms with Gasteiger partial charge in [0.1, 0.15) is 0 Å². The van der Waals surface area contributed by atoms with E-state index in [-0.39, 0.29) is 0 Å².